The number of hydrogen-bond donors (Lipinski definition) is 2. The van der Waals surface area contributed by atoms with Gasteiger partial charge in [0.2, 0.25) is 15.9 Å². The third-order valence-corrected chi connectivity index (χ3v) is 3.23. The zero-order valence-electron chi connectivity index (χ0n) is 10.8. The first-order valence-corrected chi connectivity index (χ1v) is 7.98. The topological polar surface area (TPSA) is 93.1 Å². The fourth-order valence-electron chi connectivity index (χ4n) is 1.44. The quantitative estimate of drug-likeness (QED) is 0.692. The van der Waals surface area contributed by atoms with Crippen molar-refractivity contribution >= 4 is 27.5 Å². The second-order valence-electron chi connectivity index (χ2n) is 4.18. The summed E-state index contributed by atoms with van der Waals surface area (Å²) in [6.45, 7) is 2.55. The molecule has 1 rings (SSSR count). The Morgan fingerprint density at radius 3 is 2.79 bits per heavy atom. The number of hydrogen-bond acceptors (Lipinski definition) is 4. The molecule has 1 heterocycles. The van der Waals surface area contributed by atoms with E-state index in [4.69, 9.17) is 11.6 Å². The summed E-state index contributed by atoms with van der Waals surface area (Å²) in [6.07, 6.45) is 4.92. The fourth-order valence-corrected chi connectivity index (χ4v) is 2.35. The predicted molar refractivity (Wildman–Crippen MR) is 72.3 cm³/mol. The van der Waals surface area contributed by atoms with Gasteiger partial charge in [-0.2, -0.15) is 5.10 Å². The van der Waals surface area contributed by atoms with Crippen molar-refractivity contribution in [1.82, 2.24) is 19.8 Å². The third-order valence-electron chi connectivity index (χ3n) is 2.25. The van der Waals surface area contributed by atoms with Gasteiger partial charge < -0.3 is 5.32 Å². The highest BCUT2D eigenvalue weighted by Crippen LogP contribution is 2.04. The zero-order chi connectivity index (χ0) is 14.5. The maximum Gasteiger partial charge on any atom is 0.237 e. The molecule has 1 aromatic heterocycles. The normalized spacial score (nSPS) is 13.2. The van der Waals surface area contributed by atoms with E-state index in [1.54, 1.807) is 10.9 Å². The smallest absolute Gasteiger partial charge is 0.237 e. The molecule has 0 aliphatic heterocycles. The number of rotatable bonds is 7. The molecule has 1 aromatic rings. The maximum absolute atomic E-state index is 11.6. The van der Waals surface area contributed by atoms with Gasteiger partial charge in [0.25, 0.3) is 0 Å². The summed E-state index contributed by atoms with van der Waals surface area (Å²) in [5.41, 5.74) is 0. The van der Waals surface area contributed by atoms with Gasteiger partial charge in [-0.1, -0.05) is 11.6 Å². The minimum Gasteiger partial charge on any atom is -0.355 e. The van der Waals surface area contributed by atoms with Gasteiger partial charge >= 0.3 is 0 Å². The molecule has 0 aliphatic carbocycles. The predicted octanol–water partition coefficient (Wildman–Crippen LogP) is -0.0195. The summed E-state index contributed by atoms with van der Waals surface area (Å²) in [7, 11) is -3.38. The standard InChI is InChI=1S/C10H17ClN4O3S/c1-8(14-19(2,17)18)10(16)12-4-3-5-15-7-9(11)6-13-15/h6-8,14H,3-5H2,1-2H3,(H,12,16). The Morgan fingerprint density at radius 2 is 2.26 bits per heavy atom. The van der Waals surface area contributed by atoms with Gasteiger partial charge in [0.05, 0.1) is 23.5 Å². The third kappa shape index (κ3) is 6.55. The number of nitrogens with one attached hydrogen (secondary N) is 2. The average Bonchev–Trinajstić information content (AvgIpc) is 2.68. The minimum absolute atomic E-state index is 0.357. The van der Waals surface area contributed by atoms with Crippen molar-refractivity contribution in [3.05, 3.63) is 17.4 Å². The van der Waals surface area contributed by atoms with Crippen LogP contribution in [0.4, 0.5) is 0 Å². The highest BCUT2D eigenvalue weighted by molar-refractivity contribution is 7.88. The van der Waals surface area contributed by atoms with E-state index in [-0.39, 0.29) is 5.91 Å². The summed E-state index contributed by atoms with van der Waals surface area (Å²) in [4.78, 5) is 11.6. The molecule has 19 heavy (non-hydrogen) atoms. The molecule has 2 N–H and O–H groups in total. The molecule has 0 saturated carbocycles. The molecule has 108 valence electrons. The first kappa shape index (κ1) is 15.9. The van der Waals surface area contributed by atoms with E-state index in [1.165, 1.54) is 13.1 Å². The molecule has 1 amide bonds. The fraction of sp³-hybridized carbons (Fsp3) is 0.600. The highest BCUT2D eigenvalue weighted by atomic mass is 35.5. The molecule has 0 bridgehead atoms. The van der Waals surface area contributed by atoms with Crippen molar-refractivity contribution in [2.45, 2.75) is 25.9 Å². The molecule has 0 aliphatic rings. The van der Waals surface area contributed by atoms with Crippen LogP contribution in [0, 0.1) is 0 Å². The van der Waals surface area contributed by atoms with Gasteiger partial charge in [0.1, 0.15) is 0 Å². The lowest BCUT2D eigenvalue weighted by molar-refractivity contribution is -0.122. The number of halogens is 1. The Hall–Kier alpha value is -1.12. The number of sulfonamides is 1. The second-order valence-corrected chi connectivity index (χ2v) is 6.39. The molecule has 0 fully saturated rings. The van der Waals surface area contributed by atoms with Crippen LogP contribution in [-0.2, 0) is 21.4 Å². The summed E-state index contributed by atoms with van der Waals surface area (Å²) in [5.74, 6) is -0.357. The van der Waals surface area contributed by atoms with E-state index in [0.717, 1.165) is 6.26 Å². The van der Waals surface area contributed by atoms with Gasteiger partial charge in [-0.25, -0.2) is 13.1 Å². The SMILES string of the molecule is CC(NS(C)(=O)=O)C(=O)NCCCn1cc(Cl)cn1. The first-order valence-electron chi connectivity index (χ1n) is 5.71. The van der Waals surface area contributed by atoms with Crippen LogP contribution in [0.1, 0.15) is 13.3 Å². The molecular weight excluding hydrogens is 292 g/mol. The van der Waals surface area contributed by atoms with E-state index in [2.05, 4.69) is 15.1 Å². The minimum atomic E-state index is -3.38. The number of aromatic nitrogens is 2. The van der Waals surface area contributed by atoms with E-state index < -0.39 is 16.1 Å². The Labute approximate surface area is 117 Å². The van der Waals surface area contributed by atoms with Crippen molar-refractivity contribution in [3.63, 3.8) is 0 Å². The van der Waals surface area contributed by atoms with Crippen LogP contribution in [0.2, 0.25) is 5.02 Å². The van der Waals surface area contributed by atoms with Crippen LogP contribution in [0.15, 0.2) is 12.4 Å². The van der Waals surface area contributed by atoms with E-state index in [0.29, 0.717) is 24.5 Å². The number of amides is 1. The summed E-state index contributed by atoms with van der Waals surface area (Å²) in [5, 5.41) is 7.20. The van der Waals surface area contributed by atoms with E-state index in [9.17, 15) is 13.2 Å². The van der Waals surface area contributed by atoms with E-state index in [1.807, 2.05) is 0 Å². The second kappa shape index (κ2) is 6.88. The first-order chi connectivity index (χ1) is 8.78. The number of carbonyl (C=O) groups excluding carboxylic acids is 1. The van der Waals surface area contributed by atoms with E-state index >= 15 is 0 Å². The molecule has 0 radical (unpaired) electrons. The van der Waals surface area contributed by atoms with Crippen LogP contribution >= 0.6 is 11.6 Å². The van der Waals surface area contributed by atoms with Crippen LogP contribution in [0.3, 0.4) is 0 Å². The molecule has 1 atom stereocenters. The summed E-state index contributed by atoms with van der Waals surface area (Å²) in [6, 6.07) is -0.783. The lowest BCUT2D eigenvalue weighted by atomic mass is 10.3. The van der Waals surface area contributed by atoms with Crippen LogP contribution in [0.25, 0.3) is 0 Å². The molecule has 7 nitrogen and oxygen atoms in total. The highest BCUT2D eigenvalue weighted by Gasteiger charge is 2.15. The molecular formula is C10H17ClN4O3S. The molecule has 0 aromatic carbocycles. The Kier molecular flexibility index (Phi) is 5.77. The van der Waals surface area contributed by atoms with Crippen LogP contribution in [-0.4, -0.2) is 42.9 Å². The molecule has 0 saturated heterocycles. The number of aryl methyl sites for hydroxylation is 1. The van der Waals surface area contributed by atoms with Crippen molar-refractivity contribution in [2.24, 2.45) is 0 Å². The monoisotopic (exact) mass is 308 g/mol. The van der Waals surface area contributed by atoms with Crippen molar-refractivity contribution in [1.29, 1.82) is 0 Å². The van der Waals surface area contributed by atoms with Gasteiger partial charge in [-0.15, -0.1) is 0 Å². The lowest BCUT2D eigenvalue weighted by Gasteiger charge is -2.12. The van der Waals surface area contributed by atoms with Gasteiger partial charge in [0, 0.05) is 19.3 Å². The van der Waals surface area contributed by atoms with Crippen LogP contribution in [0.5, 0.6) is 0 Å². The Balaban J connectivity index is 2.23. The summed E-state index contributed by atoms with van der Waals surface area (Å²) >= 11 is 5.71. The van der Waals surface area contributed by atoms with Gasteiger partial charge in [0.15, 0.2) is 0 Å². The van der Waals surface area contributed by atoms with Gasteiger partial charge in [-0.3, -0.25) is 9.48 Å². The molecule has 1 unspecified atom stereocenters. The van der Waals surface area contributed by atoms with Crippen molar-refractivity contribution in [3.8, 4) is 0 Å². The van der Waals surface area contributed by atoms with Crippen molar-refractivity contribution in [2.75, 3.05) is 12.8 Å². The maximum atomic E-state index is 11.6. The zero-order valence-corrected chi connectivity index (χ0v) is 12.3. The number of nitrogens with zero attached hydrogens (tertiary/aromatic N) is 2. The van der Waals surface area contributed by atoms with Crippen LogP contribution < -0.4 is 10.0 Å². The Morgan fingerprint density at radius 1 is 1.58 bits per heavy atom. The van der Waals surface area contributed by atoms with Gasteiger partial charge in [-0.05, 0) is 13.3 Å². The summed E-state index contributed by atoms with van der Waals surface area (Å²) < 4.78 is 25.8. The average molecular weight is 309 g/mol. The Bertz CT molecular complexity index is 529. The lowest BCUT2D eigenvalue weighted by Crippen LogP contribution is -2.44. The van der Waals surface area contributed by atoms with Crippen molar-refractivity contribution < 1.29 is 13.2 Å². The molecule has 9 heteroatoms. The number of carbonyl (C=O) groups is 1. The molecule has 0 spiro atoms. The largest absolute Gasteiger partial charge is 0.355 e.